The van der Waals surface area contributed by atoms with E-state index in [4.69, 9.17) is 14.5 Å². The number of benzene rings is 1. The van der Waals surface area contributed by atoms with E-state index < -0.39 is 0 Å². The van der Waals surface area contributed by atoms with Crippen LogP contribution in [0.5, 0.6) is 5.75 Å². The molecule has 0 saturated heterocycles. The van der Waals surface area contributed by atoms with Crippen molar-refractivity contribution in [2.24, 2.45) is 10.4 Å². The molecular weight excluding hydrogens is 314 g/mol. The minimum absolute atomic E-state index is 0.353. The zero-order chi connectivity index (χ0) is 18.0. The van der Waals surface area contributed by atoms with Crippen molar-refractivity contribution in [3.05, 3.63) is 29.8 Å². The van der Waals surface area contributed by atoms with Crippen LogP contribution in [0.15, 0.2) is 29.3 Å². The van der Waals surface area contributed by atoms with Gasteiger partial charge in [-0.3, -0.25) is 0 Å². The lowest BCUT2D eigenvalue weighted by atomic mass is 9.83. The highest BCUT2D eigenvalue weighted by molar-refractivity contribution is 5.79. The van der Waals surface area contributed by atoms with Crippen molar-refractivity contribution >= 4 is 5.96 Å². The molecule has 0 spiro atoms. The molecule has 2 N–H and O–H groups in total. The standard InChI is InChI=1S/C20H33N3O2/c1-4-21-19(22-15-17-7-9-18(25-3)10-8-17)23-16-20(13-14-24-2)11-5-6-12-20/h7-10H,4-6,11-16H2,1-3H3,(H2,21,22,23). The average molecular weight is 348 g/mol. The monoisotopic (exact) mass is 347 g/mol. The Kier molecular flexibility index (Phi) is 8.06. The summed E-state index contributed by atoms with van der Waals surface area (Å²) in [5.41, 5.74) is 1.53. The van der Waals surface area contributed by atoms with Crippen molar-refractivity contribution in [3.63, 3.8) is 0 Å². The molecule has 0 amide bonds. The molecule has 1 aromatic carbocycles. The second-order valence-corrected chi connectivity index (χ2v) is 6.85. The summed E-state index contributed by atoms with van der Waals surface area (Å²) in [5.74, 6) is 1.76. The third-order valence-electron chi connectivity index (χ3n) is 5.05. The molecule has 5 heteroatoms. The maximum Gasteiger partial charge on any atom is 0.191 e. The van der Waals surface area contributed by atoms with Crippen LogP contribution in [0.4, 0.5) is 0 Å². The number of hydrogen-bond donors (Lipinski definition) is 2. The molecule has 1 aliphatic carbocycles. The predicted molar refractivity (Wildman–Crippen MR) is 103 cm³/mol. The summed E-state index contributed by atoms with van der Waals surface area (Å²) >= 11 is 0. The molecule has 1 saturated carbocycles. The SMILES string of the molecule is CCNC(=NCc1ccc(OC)cc1)NCC1(CCOC)CCCC1. The van der Waals surface area contributed by atoms with Gasteiger partial charge in [0.1, 0.15) is 5.75 Å². The fourth-order valence-electron chi connectivity index (χ4n) is 3.47. The number of guanidine groups is 1. The molecule has 1 fully saturated rings. The lowest BCUT2D eigenvalue weighted by Crippen LogP contribution is -2.43. The van der Waals surface area contributed by atoms with E-state index in [0.717, 1.165) is 37.8 Å². The minimum atomic E-state index is 0.353. The molecule has 0 unspecified atom stereocenters. The summed E-state index contributed by atoms with van der Waals surface area (Å²) in [6.45, 7) is 5.41. The van der Waals surface area contributed by atoms with Crippen LogP contribution in [-0.4, -0.2) is 39.9 Å². The van der Waals surface area contributed by atoms with Gasteiger partial charge in [0.15, 0.2) is 5.96 Å². The fraction of sp³-hybridized carbons (Fsp3) is 0.650. The first-order valence-corrected chi connectivity index (χ1v) is 9.35. The van der Waals surface area contributed by atoms with E-state index in [2.05, 4.69) is 29.7 Å². The van der Waals surface area contributed by atoms with Crippen LogP contribution in [-0.2, 0) is 11.3 Å². The number of ether oxygens (including phenoxy) is 2. The molecule has 0 aromatic heterocycles. The molecule has 0 radical (unpaired) electrons. The second kappa shape index (κ2) is 10.3. The summed E-state index contributed by atoms with van der Waals surface area (Å²) in [6, 6.07) is 8.07. The zero-order valence-electron chi connectivity index (χ0n) is 15.9. The number of hydrogen-bond acceptors (Lipinski definition) is 3. The van der Waals surface area contributed by atoms with Gasteiger partial charge in [0, 0.05) is 26.8 Å². The zero-order valence-corrected chi connectivity index (χ0v) is 15.9. The van der Waals surface area contributed by atoms with Crippen molar-refractivity contribution in [2.45, 2.75) is 45.6 Å². The third-order valence-corrected chi connectivity index (χ3v) is 5.05. The van der Waals surface area contributed by atoms with Gasteiger partial charge >= 0.3 is 0 Å². The molecule has 1 aliphatic rings. The summed E-state index contributed by atoms with van der Waals surface area (Å²) in [6.07, 6.45) is 6.33. The van der Waals surface area contributed by atoms with E-state index in [9.17, 15) is 0 Å². The Morgan fingerprint density at radius 3 is 2.44 bits per heavy atom. The second-order valence-electron chi connectivity index (χ2n) is 6.85. The van der Waals surface area contributed by atoms with Gasteiger partial charge in [-0.2, -0.15) is 0 Å². The van der Waals surface area contributed by atoms with Crippen LogP contribution >= 0.6 is 0 Å². The fourth-order valence-corrected chi connectivity index (χ4v) is 3.47. The van der Waals surface area contributed by atoms with Crippen molar-refractivity contribution in [3.8, 4) is 5.75 Å². The van der Waals surface area contributed by atoms with Crippen LogP contribution in [0.1, 0.15) is 44.6 Å². The Balaban J connectivity index is 1.93. The predicted octanol–water partition coefficient (Wildman–Crippen LogP) is 3.35. The minimum Gasteiger partial charge on any atom is -0.497 e. The van der Waals surface area contributed by atoms with Crippen molar-refractivity contribution in [1.29, 1.82) is 0 Å². The smallest absolute Gasteiger partial charge is 0.191 e. The molecule has 140 valence electrons. The first-order valence-electron chi connectivity index (χ1n) is 9.35. The van der Waals surface area contributed by atoms with Gasteiger partial charge in [0.2, 0.25) is 0 Å². The van der Waals surface area contributed by atoms with E-state index in [-0.39, 0.29) is 0 Å². The third kappa shape index (κ3) is 6.24. The Bertz CT molecular complexity index is 522. The van der Waals surface area contributed by atoms with Gasteiger partial charge in [0.25, 0.3) is 0 Å². The summed E-state index contributed by atoms with van der Waals surface area (Å²) < 4.78 is 10.5. The Morgan fingerprint density at radius 2 is 1.84 bits per heavy atom. The molecule has 5 nitrogen and oxygen atoms in total. The average Bonchev–Trinajstić information content (AvgIpc) is 3.12. The Hall–Kier alpha value is -1.75. The molecule has 25 heavy (non-hydrogen) atoms. The van der Waals surface area contributed by atoms with E-state index in [1.807, 2.05) is 12.1 Å². The van der Waals surface area contributed by atoms with Crippen LogP contribution in [0.25, 0.3) is 0 Å². The van der Waals surface area contributed by atoms with Crippen molar-refractivity contribution in [1.82, 2.24) is 10.6 Å². The highest BCUT2D eigenvalue weighted by Gasteiger charge is 2.33. The van der Waals surface area contributed by atoms with Crippen LogP contribution in [0.3, 0.4) is 0 Å². The Labute approximate surface area is 152 Å². The highest BCUT2D eigenvalue weighted by Crippen LogP contribution is 2.40. The van der Waals surface area contributed by atoms with Crippen LogP contribution < -0.4 is 15.4 Å². The Morgan fingerprint density at radius 1 is 1.12 bits per heavy atom. The molecule has 0 aliphatic heterocycles. The van der Waals surface area contributed by atoms with Crippen molar-refractivity contribution in [2.75, 3.05) is 33.9 Å². The molecule has 0 bridgehead atoms. The molecular formula is C20H33N3O2. The van der Waals surface area contributed by atoms with Crippen LogP contribution in [0.2, 0.25) is 0 Å². The van der Waals surface area contributed by atoms with Gasteiger partial charge in [-0.15, -0.1) is 0 Å². The van der Waals surface area contributed by atoms with Gasteiger partial charge < -0.3 is 20.1 Å². The lowest BCUT2D eigenvalue weighted by molar-refractivity contribution is 0.138. The summed E-state index contributed by atoms with van der Waals surface area (Å²) in [7, 11) is 3.47. The van der Waals surface area contributed by atoms with Gasteiger partial charge in [-0.25, -0.2) is 4.99 Å². The number of nitrogens with zero attached hydrogens (tertiary/aromatic N) is 1. The number of nitrogens with one attached hydrogen (secondary N) is 2. The number of rotatable bonds is 9. The van der Waals surface area contributed by atoms with Crippen molar-refractivity contribution < 1.29 is 9.47 Å². The largest absolute Gasteiger partial charge is 0.497 e. The maximum absolute atomic E-state index is 5.32. The van der Waals surface area contributed by atoms with Gasteiger partial charge in [0.05, 0.1) is 13.7 Å². The maximum atomic E-state index is 5.32. The first kappa shape index (κ1) is 19.6. The molecule has 1 aromatic rings. The van der Waals surface area contributed by atoms with Crippen LogP contribution in [0, 0.1) is 5.41 Å². The van der Waals surface area contributed by atoms with E-state index in [0.29, 0.717) is 12.0 Å². The van der Waals surface area contributed by atoms with Gasteiger partial charge in [-0.05, 0) is 49.3 Å². The molecule has 2 rings (SSSR count). The van der Waals surface area contributed by atoms with E-state index in [1.165, 1.54) is 31.2 Å². The normalized spacial score (nSPS) is 16.7. The van der Waals surface area contributed by atoms with Gasteiger partial charge in [-0.1, -0.05) is 25.0 Å². The molecule has 0 atom stereocenters. The summed E-state index contributed by atoms with van der Waals surface area (Å²) in [4.78, 5) is 4.73. The summed E-state index contributed by atoms with van der Waals surface area (Å²) in [5, 5.41) is 6.92. The first-order chi connectivity index (χ1) is 12.2. The number of methoxy groups -OCH3 is 2. The molecule has 0 heterocycles. The topological polar surface area (TPSA) is 54.9 Å². The lowest BCUT2D eigenvalue weighted by Gasteiger charge is -2.30. The quantitative estimate of drug-likeness (QED) is 0.531. The van der Waals surface area contributed by atoms with E-state index in [1.54, 1.807) is 14.2 Å². The number of aliphatic imine (C=N–C) groups is 1. The highest BCUT2D eigenvalue weighted by atomic mass is 16.5. The van der Waals surface area contributed by atoms with E-state index >= 15 is 0 Å².